The number of hydrogen-bond acceptors (Lipinski definition) is 6. The summed E-state index contributed by atoms with van der Waals surface area (Å²) in [6.45, 7) is 0. The zero-order valence-electron chi connectivity index (χ0n) is 13.5. The number of methoxy groups -OCH3 is 1. The standard InChI is InChI=1S/C17H12Br2N6O/c1-26-15-9(6-10(18)7-12(15)19)8-20-24-17-22-16-14(23-25-17)11-4-2-3-5-13(11)21-16/h2-8H,1H3,(H2,21,22,24,25). The summed E-state index contributed by atoms with van der Waals surface area (Å²) in [5, 5.41) is 13.5. The Morgan fingerprint density at radius 2 is 2.04 bits per heavy atom. The molecular formula is C17H12Br2N6O. The lowest BCUT2D eigenvalue weighted by Gasteiger charge is -2.07. The number of para-hydroxylation sites is 1. The molecular weight excluding hydrogens is 464 g/mol. The number of rotatable bonds is 4. The largest absolute Gasteiger partial charge is 0.495 e. The van der Waals surface area contributed by atoms with Gasteiger partial charge in [0.2, 0.25) is 0 Å². The number of ether oxygens (including phenoxy) is 1. The minimum Gasteiger partial charge on any atom is -0.495 e. The molecule has 0 unspecified atom stereocenters. The molecule has 26 heavy (non-hydrogen) atoms. The zero-order valence-corrected chi connectivity index (χ0v) is 16.7. The first-order valence-electron chi connectivity index (χ1n) is 7.59. The minimum atomic E-state index is 0.299. The number of aromatic amines is 1. The van der Waals surface area contributed by atoms with Crippen molar-refractivity contribution >= 4 is 66.1 Å². The molecule has 0 radical (unpaired) electrons. The molecule has 0 atom stereocenters. The maximum Gasteiger partial charge on any atom is 0.265 e. The van der Waals surface area contributed by atoms with Crippen LogP contribution < -0.4 is 10.2 Å². The normalized spacial score (nSPS) is 11.5. The fraction of sp³-hybridized carbons (Fsp3) is 0.0588. The number of hydrogen-bond donors (Lipinski definition) is 2. The van der Waals surface area contributed by atoms with Crippen LogP contribution in [-0.4, -0.2) is 33.5 Å². The molecule has 0 bridgehead atoms. The van der Waals surface area contributed by atoms with Crippen LogP contribution >= 0.6 is 31.9 Å². The first-order valence-corrected chi connectivity index (χ1v) is 9.17. The molecule has 0 saturated heterocycles. The molecule has 0 spiro atoms. The lowest BCUT2D eigenvalue weighted by Crippen LogP contribution is -2.00. The van der Waals surface area contributed by atoms with Gasteiger partial charge in [-0.1, -0.05) is 34.1 Å². The van der Waals surface area contributed by atoms with Crippen molar-refractivity contribution in [1.82, 2.24) is 20.2 Å². The van der Waals surface area contributed by atoms with Gasteiger partial charge in [0.05, 0.1) is 17.8 Å². The number of benzene rings is 2. The molecule has 7 nitrogen and oxygen atoms in total. The van der Waals surface area contributed by atoms with E-state index in [1.807, 2.05) is 36.4 Å². The Bertz CT molecular complexity index is 1140. The third-order valence-electron chi connectivity index (χ3n) is 3.73. The Morgan fingerprint density at radius 3 is 2.88 bits per heavy atom. The van der Waals surface area contributed by atoms with Crippen molar-refractivity contribution in [3.8, 4) is 5.75 Å². The average Bonchev–Trinajstić information content (AvgIpc) is 2.99. The molecule has 0 saturated carbocycles. The van der Waals surface area contributed by atoms with Crippen LogP contribution in [0.4, 0.5) is 5.95 Å². The second kappa shape index (κ2) is 7.00. The fourth-order valence-corrected chi connectivity index (χ4v) is 4.04. The highest BCUT2D eigenvalue weighted by atomic mass is 79.9. The second-order valence-corrected chi connectivity index (χ2v) is 7.15. The van der Waals surface area contributed by atoms with Crippen molar-refractivity contribution in [1.29, 1.82) is 0 Å². The number of nitrogens with zero attached hydrogens (tertiary/aromatic N) is 4. The lowest BCUT2D eigenvalue weighted by molar-refractivity contribution is 0.411. The van der Waals surface area contributed by atoms with Gasteiger partial charge < -0.3 is 9.72 Å². The van der Waals surface area contributed by atoms with E-state index in [0.717, 1.165) is 30.9 Å². The van der Waals surface area contributed by atoms with Crippen LogP contribution in [0.2, 0.25) is 0 Å². The van der Waals surface area contributed by atoms with E-state index in [0.29, 0.717) is 17.3 Å². The molecule has 2 heterocycles. The molecule has 0 aliphatic carbocycles. The van der Waals surface area contributed by atoms with Crippen LogP contribution in [0.25, 0.3) is 22.1 Å². The first-order chi connectivity index (χ1) is 12.7. The van der Waals surface area contributed by atoms with E-state index in [1.54, 1.807) is 13.3 Å². The summed E-state index contributed by atoms with van der Waals surface area (Å²) in [6, 6.07) is 11.7. The van der Waals surface area contributed by atoms with Gasteiger partial charge in [0.15, 0.2) is 5.65 Å². The van der Waals surface area contributed by atoms with Crippen molar-refractivity contribution in [2.45, 2.75) is 0 Å². The van der Waals surface area contributed by atoms with Gasteiger partial charge in [0, 0.05) is 20.9 Å². The van der Waals surface area contributed by atoms with Crippen molar-refractivity contribution in [2.24, 2.45) is 5.10 Å². The third kappa shape index (κ3) is 3.15. The number of anilines is 1. The summed E-state index contributed by atoms with van der Waals surface area (Å²) >= 11 is 6.91. The summed E-state index contributed by atoms with van der Waals surface area (Å²) in [7, 11) is 1.61. The highest BCUT2D eigenvalue weighted by molar-refractivity contribution is 9.11. The van der Waals surface area contributed by atoms with Gasteiger partial charge in [0.25, 0.3) is 5.95 Å². The smallest absolute Gasteiger partial charge is 0.265 e. The molecule has 0 amide bonds. The van der Waals surface area contributed by atoms with E-state index in [4.69, 9.17) is 4.74 Å². The topological polar surface area (TPSA) is 88.1 Å². The van der Waals surface area contributed by atoms with Crippen LogP contribution in [0.5, 0.6) is 5.75 Å². The first kappa shape index (κ1) is 16.9. The molecule has 2 aromatic carbocycles. The van der Waals surface area contributed by atoms with Gasteiger partial charge in [-0.3, -0.25) is 0 Å². The molecule has 0 fully saturated rings. The van der Waals surface area contributed by atoms with Gasteiger partial charge in [-0.05, 0) is 34.1 Å². The van der Waals surface area contributed by atoms with Crippen molar-refractivity contribution in [2.75, 3.05) is 12.5 Å². The van der Waals surface area contributed by atoms with E-state index >= 15 is 0 Å². The molecule has 2 aromatic heterocycles. The average molecular weight is 476 g/mol. The number of H-pyrrole nitrogens is 1. The predicted molar refractivity (Wildman–Crippen MR) is 109 cm³/mol. The van der Waals surface area contributed by atoms with E-state index in [9.17, 15) is 0 Å². The maximum absolute atomic E-state index is 5.39. The second-order valence-electron chi connectivity index (χ2n) is 5.38. The Morgan fingerprint density at radius 1 is 1.19 bits per heavy atom. The van der Waals surface area contributed by atoms with Gasteiger partial charge >= 0.3 is 0 Å². The van der Waals surface area contributed by atoms with Crippen LogP contribution in [0.1, 0.15) is 5.56 Å². The third-order valence-corrected chi connectivity index (χ3v) is 4.78. The van der Waals surface area contributed by atoms with Gasteiger partial charge in [-0.25, -0.2) is 5.43 Å². The number of aromatic nitrogens is 4. The monoisotopic (exact) mass is 474 g/mol. The quantitative estimate of drug-likeness (QED) is 0.335. The van der Waals surface area contributed by atoms with E-state index in [2.05, 4.69) is 62.6 Å². The summed E-state index contributed by atoms with van der Waals surface area (Å²) in [6.07, 6.45) is 1.63. The van der Waals surface area contributed by atoms with Crippen LogP contribution in [0, 0.1) is 0 Å². The highest BCUT2D eigenvalue weighted by Gasteiger charge is 2.09. The number of hydrazone groups is 1. The number of fused-ring (bicyclic) bond motifs is 3. The summed E-state index contributed by atoms with van der Waals surface area (Å²) < 4.78 is 7.12. The van der Waals surface area contributed by atoms with Crippen molar-refractivity contribution in [3.05, 3.63) is 50.9 Å². The fourth-order valence-electron chi connectivity index (χ4n) is 2.62. The van der Waals surface area contributed by atoms with Gasteiger partial charge in [0.1, 0.15) is 11.3 Å². The van der Waals surface area contributed by atoms with Crippen LogP contribution in [0.15, 0.2) is 50.4 Å². The molecule has 9 heteroatoms. The molecule has 4 aromatic rings. The zero-order chi connectivity index (χ0) is 18.1. The predicted octanol–water partition coefficient (Wildman–Crippen LogP) is 4.49. The molecule has 4 rings (SSSR count). The maximum atomic E-state index is 5.39. The van der Waals surface area contributed by atoms with Crippen molar-refractivity contribution < 1.29 is 4.74 Å². The van der Waals surface area contributed by atoms with Crippen LogP contribution in [0.3, 0.4) is 0 Å². The highest BCUT2D eigenvalue weighted by Crippen LogP contribution is 2.31. The van der Waals surface area contributed by atoms with E-state index in [-0.39, 0.29) is 0 Å². The minimum absolute atomic E-state index is 0.299. The molecule has 2 N–H and O–H groups in total. The molecule has 130 valence electrons. The lowest BCUT2D eigenvalue weighted by atomic mass is 10.2. The molecule has 0 aliphatic rings. The summed E-state index contributed by atoms with van der Waals surface area (Å²) in [5.74, 6) is 0.984. The molecule has 0 aliphatic heterocycles. The Labute approximate surface area is 165 Å². The Hall–Kier alpha value is -2.52. The van der Waals surface area contributed by atoms with E-state index in [1.165, 1.54) is 0 Å². The Balaban J connectivity index is 1.62. The Kier molecular flexibility index (Phi) is 4.56. The summed E-state index contributed by atoms with van der Waals surface area (Å²) in [4.78, 5) is 7.64. The van der Waals surface area contributed by atoms with Crippen LogP contribution in [-0.2, 0) is 0 Å². The number of halogens is 2. The van der Waals surface area contributed by atoms with Crippen molar-refractivity contribution in [3.63, 3.8) is 0 Å². The van der Waals surface area contributed by atoms with Gasteiger partial charge in [-0.15, -0.1) is 10.2 Å². The van der Waals surface area contributed by atoms with Gasteiger partial charge in [-0.2, -0.15) is 10.1 Å². The van der Waals surface area contributed by atoms with E-state index < -0.39 is 0 Å². The SMILES string of the molecule is COc1c(Br)cc(Br)cc1C=NNc1nnc2c(n1)[nH]c1ccccc12. The summed E-state index contributed by atoms with van der Waals surface area (Å²) in [5.41, 5.74) is 5.94. The number of nitrogens with one attached hydrogen (secondary N) is 2.